The fourth-order valence-electron chi connectivity index (χ4n) is 5.14. The van der Waals surface area contributed by atoms with Crippen molar-refractivity contribution in [1.29, 1.82) is 5.26 Å². The maximum absolute atomic E-state index is 12.4. The van der Waals surface area contributed by atoms with Gasteiger partial charge in [-0.3, -0.25) is 9.59 Å². The maximum Gasteiger partial charge on any atom is 0.255 e. The number of anilines is 1. The molecule has 0 aliphatic carbocycles. The number of nitrogens with one attached hydrogen (secondary N) is 1. The van der Waals surface area contributed by atoms with Gasteiger partial charge in [0.25, 0.3) is 5.91 Å². The Kier molecular flexibility index (Phi) is 12.4. The van der Waals surface area contributed by atoms with Crippen molar-refractivity contribution in [2.24, 2.45) is 0 Å². The molecule has 0 saturated carbocycles. The number of allylic oxidation sites excluding steroid dienone is 1. The van der Waals surface area contributed by atoms with E-state index in [4.69, 9.17) is 0 Å². The minimum Gasteiger partial charge on any atom is -0.508 e. The standard InChI is InChI=1S/C19H26N4.C15H18N2O3/c1-4-5-6-7-8-9-16-14-21-23(15-16)18-11-10-17(13-20)19(12-18)22(2)3;1-3-4-5-13(14(19)16-2)17-9-10-8-11(18)6-7-12(10)15(17)20/h10-12,14-15H,4-9H2,1-3H3;3,6-8,13,18H,1,4-5,9H2,2H3,(H,16,19). The third-order valence-corrected chi connectivity index (χ3v) is 7.54. The molecule has 1 aliphatic rings. The van der Waals surface area contributed by atoms with Crippen LogP contribution in [0.4, 0.5) is 5.69 Å². The Morgan fingerprint density at radius 3 is 2.65 bits per heavy atom. The van der Waals surface area contributed by atoms with Crippen molar-refractivity contribution >= 4 is 17.5 Å². The molecule has 43 heavy (non-hydrogen) atoms. The molecule has 3 aromatic rings. The van der Waals surface area contributed by atoms with Crippen molar-refractivity contribution in [1.82, 2.24) is 20.0 Å². The number of aromatic nitrogens is 2. The van der Waals surface area contributed by atoms with Crippen LogP contribution >= 0.6 is 0 Å². The first kappa shape index (κ1) is 32.9. The summed E-state index contributed by atoms with van der Waals surface area (Å²) in [4.78, 5) is 27.9. The highest BCUT2D eigenvalue weighted by Crippen LogP contribution is 2.29. The summed E-state index contributed by atoms with van der Waals surface area (Å²) in [7, 11) is 5.46. The van der Waals surface area contributed by atoms with Gasteiger partial charge < -0.3 is 20.2 Å². The number of phenols is 1. The van der Waals surface area contributed by atoms with Crippen molar-refractivity contribution in [3.8, 4) is 17.5 Å². The number of hydrogen-bond acceptors (Lipinski definition) is 6. The van der Waals surface area contributed by atoms with Crippen LogP contribution in [0, 0.1) is 11.3 Å². The predicted molar refractivity (Wildman–Crippen MR) is 170 cm³/mol. The molecular weight excluding hydrogens is 540 g/mol. The van der Waals surface area contributed by atoms with Crippen molar-refractivity contribution in [3.05, 3.63) is 83.7 Å². The minimum absolute atomic E-state index is 0.126. The van der Waals surface area contributed by atoms with Gasteiger partial charge in [-0.2, -0.15) is 10.4 Å². The lowest BCUT2D eigenvalue weighted by Crippen LogP contribution is -2.46. The molecule has 2 amide bonds. The SMILES string of the molecule is C=CCCC(C(=O)NC)N1Cc2cc(O)ccc2C1=O.CCCCCCCc1cnn(-c2ccc(C#N)c(N(C)C)c2)c1. The summed E-state index contributed by atoms with van der Waals surface area (Å²) in [5.41, 5.74) is 5.17. The number of nitriles is 1. The number of unbranched alkanes of at least 4 members (excludes halogenated alkanes) is 4. The van der Waals surface area contributed by atoms with E-state index in [2.05, 4.69) is 36.2 Å². The summed E-state index contributed by atoms with van der Waals surface area (Å²) in [6, 6.07) is 12.2. The van der Waals surface area contributed by atoms with E-state index in [1.54, 1.807) is 30.2 Å². The van der Waals surface area contributed by atoms with Gasteiger partial charge in [-0.1, -0.05) is 38.7 Å². The van der Waals surface area contributed by atoms with Crippen molar-refractivity contribution in [3.63, 3.8) is 0 Å². The molecule has 0 fully saturated rings. The van der Waals surface area contributed by atoms with E-state index in [0.717, 1.165) is 23.4 Å². The van der Waals surface area contributed by atoms with E-state index in [9.17, 15) is 20.0 Å². The first-order valence-electron chi connectivity index (χ1n) is 14.9. The highest BCUT2D eigenvalue weighted by molar-refractivity contribution is 6.01. The van der Waals surface area contributed by atoms with Crippen LogP contribution in [-0.4, -0.2) is 58.8 Å². The number of aromatic hydroxyl groups is 1. The van der Waals surface area contributed by atoms with Gasteiger partial charge in [-0.25, -0.2) is 4.68 Å². The summed E-state index contributed by atoms with van der Waals surface area (Å²) in [6.45, 7) is 6.23. The Morgan fingerprint density at radius 1 is 1.21 bits per heavy atom. The number of fused-ring (bicyclic) bond motifs is 1. The smallest absolute Gasteiger partial charge is 0.255 e. The maximum atomic E-state index is 12.4. The number of phenolic OH excluding ortho intramolecular Hbond substituents is 1. The van der Waals surface area contributed by atoms with Gasteiger partial charge in [-0.05, 0) is 73.2 Å². The highest BCUT2D eigenvalue weighted by Gasteiger charge is 2.35. The molecule has 0 bridgehead atoms. The van der Waals surface area contributed by atoms with Gasteiger partial charge in [0.15, 0.2) is 0 Å². The van der Waals surface area contributed by atoms with Crippen LogP contribution in [-0.2, 0) is 17.8 Å². The molecule has 2 aromatic carbocycles. The highest BCUT2D eigenvalue weighted by atomic mass is 16.3. The lowest BCUT2D eigenvalue weighted by Gasteiger charge is -2.26. The second-order valence-corrected chi connectivity index (χ2v) is 10.9. The molecular formula is C34H44N6O3. The first-order valence-corrected chi connectivity index (χ1v) is 14.9. The van der Waals surface area contributed by atoms with Crippen LogP contribution < -0.4 is 10.2 Å². The van der Waals surface area contributed by atoms with Gasteiger partial charge >= 0.3 is 0 Å². The zero-order valence-electron chi connectivity index (χ0n) is 25.8. The third-order valence-electron chi connectivity index (χ3n) is 7.54. The van der Waals surface area contributed by atoms with Gasteiger partial charge in [0.2, 0.25) is 5.91 Å². The van der Waals surface area contributed by atoms with Crippen LogP contribution in [0.2, 0.25) is 0 Å². The third kappa shape index (κ3) is 8.71. The predicted octanol–water partition coefficient (Wildman–Crippen LogP) is 5.75. The molecule has 0 radical (unpaired) electrons. The zero-order valence-corrected chi connectivity index (χ0v) is 25.8. The van der Waals surface area contributed by atoms with E-state index < -0.39 is 6.04 Å². The average Bonchev–Trinajstić information content (AvgIpc) is 3.61. The second-order valence-electron chi connectivity index (χ2n) is 10.9. The van der Waals surface area contributed by atoms with E-state index >= 15 is 0 Å². The summed E-state index contributed by atoms with van der Waals surface area (Å²) in [5, 5.41) is 25.7. The number of likely N-dealkylation sites (N-methyl/N-ethyl adjacent to an activating group) is 1. The molecule has 228 valence electrons. The van der Waals surface area contributed by atoms with Crippen LogP contribution in [0.3, 0.4) is 0 Å². The molecule has 2 N–H and O–H groups in total. The average molecular weight is 585 g/mol. The number of carbonyl (C=O) groups is 2. The molecule has 1 atom stereocenters. The Hall–Kier alpha value is -4.58. The summed E-state index contributed by atoms with van der Waals surface area (Å²) in [5.74, 6) is -0.226. The van der Waals surface area contributed by atoms with Crippen LogP contribution in [0.5, 0.6) is 5.75 Å². The topological polar surface area (TPSA) is 114 Å². The normalized spacial score (nSPS) is 12.5. The van der Waals surface area contributed by atoms with Gasteiger partial charge in [-0.15, -0.1) is 6.58 Å². The number of rotatable bonds is 13. The summed E-state index contributed by atoms with van der Waals surface area (Å²) in [6.07, 6.45) is 14.5. The lowest BCUT2D eigenvalue weighted by atomic mass is 10.1. The minimum atomic E-state index is -0.514. The van der Waals surface area contributed by atoms with Crippen molar-refractivity contribution in [2.75, 3.05) is 26.0 Å². The number of nitrogens with zero attached hydrogens (tertiary/aromatic N) is 5. The number of aryl methyl sites for hydroxylation is 1. The van der Waals surface area contributed by atoms with E-state index in [-0.39, 0.29) is 17.6 Å². The molecule has 4 rings (SSSR count). The summed E-state index contributed by atoms with van der Waals surface area (Å²) < 4.78 is 1.90. The van der Waals surface area contributed by atoms with E-state index in [1.807, 2.05) is 48.1 Å². The number of benzene rings is 2. The van der Waals surface area contributed by atoms with Gasteiger partial charge in [0, 0.05) is 39.4 Å². The van der Waals surface area contributed by atoms with Crippen LogP contribution in [0.1, 0.15) is 78.9 Å². The van der Waals surface area contributed by atoms with Crippen molar-refractivity contribution in [2.45, 2.75) is 70.9 Å². The zero-order chi connectivity index (χ0) is 31.4. The number of amides is 2. The Labute approximate surface area is 255 Å². The molecule has 0 spiro atoms. The monoisotopic (exact) mass is 584 g/mol. The molecule has 1 aliphatic heterocycles. The van der Waals surface area contributed by atoms with Crippen molar-refractivity contribution < 1.29 is 14.7 Å². The molecule has 2 heterocycles. The first-order chi connectivity index (χ1) is 20.7. The van der Waals surface area contributed by atoms with Gasteiger partial charge in [0.1, 0.15) is 17.9 Å². The van der Waals surface area contributed by atoms with Crippen LogP contribution in [0.25, 0.3) is 5.69 Å². The lowest BCUT2D eigenvalue weighted by molar-refractivity contribution is -0.125. The summed E-state index contributed by atoms with van der Waals surface area (Å²) >= 11 is 0. The van der Waals surface area contributed by atoms with Gasteiger partial charge in [0.05, 0.1) is 23.1 Å². The Bertz CT molecular complexity index is 1440. The Balaban J connectivity index is 0.000000238. The Morgan fingerprint density at radius 2 is 1.98 bits per heavy atom. The molecule has 1 unspecified atom stereocenters. The second kappa shape index (κ2) is 16.2. The molecule has 0 saturated heterocycles. The molecule has 1 aromatic heterocycles. The number of hydrogen-bond donors (Lipinski definition) is 2. The van der Waals surface area contributed by atoms with Crippen LogP contribution in [0.15, 0.2) is 61.4 Å². The van der Waals surface area contributed by atoms with E-state index in [0.29, 0.717) is 30.5 Å². The number of carbonyl (C=O) groups excluding carboxylic acids is 2. The largest absolute Gasteiger partial charge is 0.508 e. The quantitative estimate of drug-likeness (QED) is 0.195. The fourth-order valence-corrected chi connectivity index (χ4v) is 5.14. The molecule has 9 heteroatoms. The molecule has 9 nitrogen and oxygen atoms in total. The van der Waals surface area contributed by atoms with E-state index in [1.165, 1.54) is 43.7 Å². The fraction of sp³-hybridized carbons (Fsp3) is 0.412.